The van der Waals surface area contributed by atoms with E-state index in [9.17, 15) is 0 Å². The third-order valence-corrected chi connectivity index (χ3v) is 9.48. The fourth-order valence-corrected chi connectivity index (χ4v) is 7.66. The van der Waals surface area contributed by atoms with Crippen molar-refractivity contribution in [3.8, 4) is 11.1 Å². The zero-order valence-corrected chi connectivity index (χ0v) is 22.5. The van der Waals surface area contributed by atoms with E-state index < -0.39 is 0 Å². The first-order chi connectivity index (χ1) is 19.3. The van der Waals surface area contributed by atoms with Gasteiger partial charge in [-0.2, -0.15) is 0 Å². The van der Waals surface area contributed by atoms with Gasteiger partial charge in [0.1, 0.15) is 0 Å². The van der Waals surface area contributed by atoms with Crippen LogP contribution in [0, 0.1) is 5.92 Å². The number of hydrogen-bond donors (Lipinski definition) is 0. The van der Waals surface area contributed by atoms with E-state index in [1.807, 2.05) is 11.3 Å². The molecule has 1 aromatic heterocycles. The molecule has 0 saturated carbocycles. The molecule has 0 amide bonds. The number of hydrogen-bond acceptors (Lipinski definition) is 1. The maximum Gasteiger partial charge on any atom is 0.0433 e. The number of rotatable bonds is 2. The van der Waals surface area contributed by atoms with E-state index in [1.54, 1.807) is 0 Å². The Morgan fingerprint density at radius 2 is 1.13 bits per heavy atom. The fraction of sp³-hybridized carbons (Fsp3) is 0.0526. The van der Waals surface area contributed by atoms with E-state index in [-0.39, 0.29) is 5.92 Å². The maximum atomic E-state index is 2.47. The van der Waals surface area contributed by atoms with Gasteiger partial charge >= 0.3 is 0 Å². The summed E-state index contributed by atoms with van der Waals surface area (Å²) in [5.74, 6) is 0.280. The predicted molar refractivity (Wildman–Crippen MR) is 172 cm³/mol. The quantitative estimate of drug-likeness (QED) is 0.202. The Balaban J connectivity index is 1.32. The van der Waals surface area contributed by atoms with E-state index in [0.29, 0.717) is 0 Å². The van der Waals surface area contributed by atoms with Crippen LogP contribution in [0.25, 0.3) is 70.6 Å². The lowest BCUT2D eigenvalue weighted by atomic mass is 9.90. The Labute approximate surface area is 231 Å². The second-order valence-electron chi connectivity index (χ2n) is 10.5. The molecule has 39 heavy (non-hydrogen) atoms. The van der Waals surface area contributed by atoms with Gasteiger partial charge in [-0.25, -0.2) is 0 Å². The highest BCUT2D eigenvalue weighted by molar-refractivity contribution is 7.26. The molecular weight excluding hydrogens is 488 g/mol. The summed E-state index contributed by atoms with van der Waals surface area (Å²) < 4.78 is 2.71. The zero-order valence-electron chi connectivity index (χ0n) is 21.7. The third-order valence-electron chi connectivity index (χ3n) is 8.26. The number of benzene rings is 6. The van der Waals surface area contributed by atoms with Crippen LogP contribution in [-0.4, -0.2) is 0 Å². The molecule has 8 rings (SSSR count). The molecule has 1 heterocycles. The summed E-state index contributed by atoms with van der Waals surface area (Å²) in [5, 5.41) is 10.6. The second kappa shape index (κ2) is 8.80. The molecule has 0 bridgehead atoms. The van der Waals surface area contributed by atoms with E-state index >= 15 is 0 Å². The van der Waals surface area contributed by atoms with Crippen molar-refractivity contribution in [3.63, 3.8) is 0 Å². The van der Waals surface area contributed by atoms with Crippen LogP contribution in [0.3, 0.4) is 0 Å². The lowest BCUT2D eigenvalue weighted by molar-refractivity contribution is 1.02. The average molecular weight is 515 g/mol. The highest BCUT2D eigenvalue weighted by Crippen LogP contribution is 2.40. The van der Waals surface area contributed by atoms with Gasteiger partial charge in [0.05, 0.1) is 0 Å². The van der Waals surface area contributed by atoms with Gasteiger partial charge in [0, 0.05) is 26.1 Å². The van der Waals surface area contributed by atoms with E-state index in [4.69, 9.17) is 0 Å². The first kappa shape index (κ1) is 22.5. The van der Waals surface area contributed by atoms with Crippen molar-refractivity contribution in [2.24, 2.45) is 5.92 Å². The van der Waals surface area contributed by atoms with Crippen molar-refractivity contribution >= 4 is 70.8 Å². The molecule has 0 nitrogen and oxygen atoms in total. The highest BCUT2D eigenvalue weighted by Gasteiger charge is 2.15. The van der Waals surface area contributed by atoms with Crippen LogP contribution in [0.4, 0.5) is 0 Å². The molecule has 184 valence electrons. The highest BCUT2D eigenvalue weighted by atomic mass is 32.1. The maximum absolute atomic E-state index is 2.47. The predicted octanol–water partition coefficient (Wildman–Crippen LogP) is 9.32. The summed E-state index contributed by atoms with van der Waals surface area (Å²) >= 11 is 1.90. The molecule has 6 aromatic carbocycles. The van der Waals surface area contributed by atoms with Gasteiger partial charge in [0.2, 0.25) is 0 Å². The van der Waals surface area contributed by atoms with E-state index in [2.05, 4.69) is 140 Å². The monoisotopic (exact) mass is 514 g/mol. The van der Waals surface area contributed by atoms with Crippen LogP contribution < -0.4 is 10.4 Å². The molecule has 0 N–H and O–H groups in total. The summed E-state index contributed by atoms with van der Waals surface area (Å²) in [6, 6.07) is 42.3. The Morgan fingerprint density at radius 1 is 0.513 bits per heavy atom. The van der Waals surface area contributed by atoms with Crippen molar-refractivity contribution in [1.82, 2.24) is 0 Å². The molecule has 7 aromatic rings. The van der Waals surface area contributed by atoms with Crippen LogP contribution in [0.5, 0.6) is 0 Å². The summed E-state index contributed by atoms with van der Waals surface area (Å²) in [7, 11) is 0. The van der Waals surface area contributed by atoms with Crippen LogP contribution >= 0.6 is 11.3 Å². The molecule has 0 aliphatic heterocycles. The Morgan fingerprint density at radius 3 is 1.92 bits per heavy atom. The van der Waals surface area contributed by atoms with Crippen molar-refractivity contribution < 1.29 is 0 Å². The summed E-state index contributed by atoms with van der Waals surface area (Å²) in [6.45, 7) is 2.33. The SMILES string of the molecule is CC1C=c2c(c3ccccc3c3ccccc23)=CC=C1c1cccc(-c2cccc3c2sc2ccccc23)c1. The van der Waals surface area contributed by atoms with Crippen molar-refractivity contribution in [3.05, 3.63) is 137 Å². The van der Waals surface area contributed by atoms with Crippen LogP contribution in [0.2, 0.25) is 0 Å². The Hall–Kier alpha value is -4.46. The topological polar surface area (TPSA) is 0 Å². The zero-order chi connectivity index (χ0) is 25.9. The van der Waals surface area contributed by atoms with Gasteiger partial charge in [-0.05, 0) is 66.4 Å². The molecule has 0 saturated heterocycles. The van der Waals surface area contributed by atoms with Crippen LogP contribution in [0.15, 0.2) is 121 Å². The molecule has 1 heteroatoms. The largest absolute Gasteiger partial charge is 0.135 e. The van der Waals surface area contributed by atoms with E-state index in [0.717, 1.165) is 0 Å². The second-order valence-corrected chi connectivity index (χ2v) is 11.6. The molecule has 1 atom stereocenters. The molecule has 0 fully saturated rings. The average Bonchev–Trinajstić information content (AvgIpc) is 3.28. The van der Waals surface area contributed by atoms with Gasteiger partial charge in [0.25, 0.3) is 0 Å². The minimum Gasteiger partial charge on any atom is -0.135 e. The van der Waals surface area contributed by atoms with Crippen molar-refractivity contribution in [2.45, 2.75) is 6.92 Å². The number of fused-ring (bicyclic) bond motifs is 9. The lowest BCUT2D eigenvalue weighted by Gasteiger charge is -2.14. The molecule has 0 radical (unpaired) electrons. The Kier molecular flexibility index (Phi) is 5.08. The van der Waals surface area contributed by atoms with Crippen molar-refractivity contribution in [1.29, 1.82) is 0 Å². The first-order valence-corrected chi connectivity index (χ1v) is 14.4. The van der Waals surface area contributed by atoms with Gasteiger partial charge in [-0.1, -0.05) is 128 Å². The van der Waals surface area contributed by atoms with Gasteiger partial charge in [0.15, 0.2) is 0 Å². The lowest BCUT2D eigenvalue weighted by Crippen LogP contribution is -2.26. The third kappa shape index (κ3) is 3.51. The normalized spacial score (nSPS) is 15.1. The number of thiophene rings is 1. The molecule has 1 aliphatic carbocycles. The fourth-order valence-electron chi connectivity index (χ4n) is 6.42. The first-order valence-electron chi connectivity index (χ1n) is 13.6. The standard InChI is InChI=1S/C38H26S/c1-24-22-36-32-15-5-4-13-30(32)29-12-2-3-14-31(29)33(36)21-20-27(24)25-10-8-11-26(23-25)28-17-9-18-35-34-16-6-7-19-37(34)39-38(28)35/h2-24H,1H3. The van der Waals surface area contributed by atoms with Crippen LogP contribution in [-0.2, 0) is 0 Å². The molecule has 1 unspecified atom stereocenters. The summed E-state index contributed by atoms with van der Waals surface area (Å²) in [6.07, 6.45) is 7.17. The van der Waals surface area contributed by atoms with Crippen LogP contribution in [0.1, 0.15) is 12.5 Å². The minimum absolute atomic E-state index is 0.280. The van der Waals surface area contributed by atoms with Crippen molar-refractivity contribution in [2.75, 3.05) is 0 Å². The smallest absolute Gasteiger partial charge is 0.0433 e. The van der Waals surface area contributed by atoms with E-state index in [1.165, 1.54) is 74.4 Å². The Bertz CT molecular complexity index is 2240. The van der Waals surface area contributed by atoms with Gasteiger partial charge < -0.3 is 0 Å². The molecule has 0 spiro atoms. The van der Waals surface area contributed by atoms with Gasteiger partial charge in [-0.15, -0.1) is 11.3 Å². The van der Waals surface area contributed by atoms with Gasteiger partial charge in [-0.3, -0.25) is 0 Å². The summed E-state index contributed by atoms with van der Waals surface area (Å²) in [4.78, 5) is 0. The number of allylic oxidation sites excluding steroid dienone is 2. The molecular formula is C38H26S. The minimum atomic E-state index is 0.280. The molecule has 1 aliphatic rings. The summed E-state index contributed by atoms with van der Waals surface area (Å²) in [5.41, 5.74) is 5.22.